The van der Waals surface area contributed by atoms with Crippen LogP contribution in [-0.4, -0.2) is 34.9 Å². The SMILES string of the molecule is CCCCC(CC)C(=O)N(Cc1nc(C(=O)OC)co1)C1CC1. The highest BCUT2D eigenvalue weighted by molar-refractivity contribution is 5.86. The molecule has 0 aromatic carbocycles. The van der Waals surface area contributed by atoms with E-state index in [-0.39, 0.29) is 23.6 Å². The van der Waals surface area contributed by atoms with Crippen LogP contribution in [0.15, 0.2) is 10.7 Å². The topological polar surface area (TPSA) is 72.6 Å². The van der Waals surface area contributed by atoms with Crippen molar-refractivity contribution in [2.24, 2.45) is 5.92 Å². The Kier molecular flexibility index (Phi) is 6.19. The van der Waals surface area contributed by atoms with E-state index < -0.39 is 5.97 Å². The Balaban J connectivity index is 2.05. The highest BCUT2D eigenvalue weighted by atomic mass is 16.5. The largest absolute Gasteiger partial charge is 0.464 e. The molecular formula is C17H26N2O4. The lowest BCUT2D eigenvalue weighted by Crippen LogP contribution is -2.37. The van der Waals surface area contributed by atoms with E-state index in [1.165, 1.54) is 13.4 Å². The molecule has 1 aliphatic carbocycles. The van der Waals surface area contributed by atoms with E-state index >= 15 is 0 Å². The highest BCUT2D eigenvalue weighted by Crippen LogP contribution is 2.31. The number of nitrogens with zero attached hydrogens (tertiary/aromatic N) is 2. The minimum absolute atomic E-state index is 0.0607. The second-order valence-corrected chi connectivity index (χ2v) is 6.06. The van der Waals surface area contributed by atoms with E-state index in [2.05, 4.69) is 23.6 Å². The van der Waals surface area contributed by atoms with Crippen LogP contribution in [0.1, 0.15) is 68.8 Å². The van der Waals surface area contributed by atoms with Crippen LogP contribution in [0.5, 0.6) is 0 Å². The third-order valence-corrected chi connectivity index (χ3v) is 4.27. The van der Waals surface area contributed by atoms with Gasteiger partial charge in [-0.1, -0.05) is 26.7 Å². The second-order valence-electron chi connectivity index (χ2n) is 6.06. The third kappa shape index (κ3) is 4.56. The van der Waals surface area contributed by atoms with Crippen LogP contribution in [0, 0.1) is 5.92 Å². The summed E-state index contributed by atoms with van der Waals surface area (Å²) in [5, 5.41) is 0. The molecule has 1 atom stereocenters. The molecule has 1 amide bonds. The highest BCUT2D eigenvalue weighted by Gasteiger charge is 2.36. The van der Waals surface area contributed by atoms with Crippen LogP contribution >= 0.6 is 0 Å². The first-order valence-electron chi connectivity index (χ1n) is 8.43. The van der Waals surface area contributed by atoms with Crippen molar-refractivity contribution in [3.05, 3.63) is 17.8 Å². The van der Waals surface area contributed by atoms with Crippen molar-refractivity contribution < 1.29 is 18.7 Å². The Morgan fingerprint density at radius 3 is 2.74 bits per heavy atom. The van der Waals surface area contributed by atoms with Crippen LogP contribution < -0.4 is 0 Å². The Morgan fingerprint density at radius 2 is 2.17 bits per heavy atom. The molecule has 1 fully saturated rings. The van der Waals surface area contributed by atoms with Gasteiger partial charge >= 0.3 is 5.97 Å². The zero-order valence-corrected chi connectivity index (χ0v) is 14.2. The number of unbranched alkanes of at least 4 members (excludes halogenated alkanes) is 1. The number of rotatable bonds is 9. The van der Waals surface area contributed by atoms with Crippen LogP contribution in [0.25, 0.3) is 0 Å². The summed E-state index contributed by atoms with van der Waals surface area (Å²) in [7, 11) is 1.30. The Bertz CT molecular complexity index is 536. The number of amides is 1. The number of hydrogen-bond donors (Lipinski definition) is 0. The third-order valence-electron chi connectivity index (χ3n) is 4.27. The number of esters is 1. The van der Waals surface area contributed by atoms with Gasteiger partial charge in [0.25, 0.3) is 0 Å². The molecule has 23 heavy (non-hydrogen) atoms. The minimum atomic E-state index is -0.529. The average molecular weight is 322 g/mol. The number of carbonyl (C=O) groups excluding carboxylic acids is 2. The molecule has 2 rings (SSSR count). The molecule has 1 heterocycles. The second kappa shape index (κ2) is 8.13. The quantitative estimate of drug-likeness (QED) is 0.653. The number of oxazole rings is 1. The van der Waals surface area contributed by atoms with Crippen molar-refractivity contribution in [3.63, 3.8) is 0 Å². The van der Waals surface area contributed by atoms with E-state index in [0.29, 0.717) is 12.4 Å². The van der Waals surface area contributed by atoms with Gasteiger partial charge in [-0.05, 0) is 25.7 Å². The maximum absolute atomic E-state index is 12.8. The zero-order valence-electron chi connectivity index (χ0n) is 14.2. The van der Waals surface area contributed by atoms with Crippen LogP contribution in [0.2, 0.25) is 0 Å². The van der Waals surface area contributed by atoms with E-state index in [1.54, 1.807) is 0 Å². The molecule has 1 aliphatic rings. The van der Waals surface area contributed by atoms with Crippen molar-refractivity contribution in [2.45, 2.75) is 65.0 Å². The van der Waals surface area contributed by atoms with E-state index in [4.69, 9.17) is 4.42 Å². The predicted octanol–water partition coefficient (Wildman–Crippen LogP) is 3.17. The molecular weight excluding hydrogens is 296 g/mol. The average Bonchev–Trinajstić information content (AvgIpc) is 3.30. The first-order chi connectivity index (χ1) is 11.1. The van der Waals surface area contributed by atoms with Gasteiger partial charge < -0.3 is 14.1 Å². The Hall–Kier alpha value is -1.85. The lowest BCUT2D eigenvalue weighted by molar-refractivity contribution is -0.137. The van der Waals surface area contributed by atoms with Gasteiger partial charge in [0.2, 0.25) is 11.8 Å². The van der Waals surface area contributed by atoms with Crippen molar-refractivity contribution in [3.8, 4) is 0 Å². The van der Waals surface area contributed by atoms with Gasteiger partial charge in [-0.2, -0.15) is 0 Å². The molecule has 6 nitrogen and oxygen atoms in total. The molecule has 0 spiro atoms. The zero-order chi connectivity index (χ0) is 16.8. The van der Waals surface area contributed by atoms with Gasteiger partial charge in [0.1, 0.15) is 6.26 Å². The molecule has 1 aromatic heterocycles. The fourth-order valence-electron chi connectivity index (χ4n) is 2.69. The molecule has 1 aromatic rings. The summed E-state index contributed by atoms with van der Waals surface area (Å²) in [6.07, 6.45) is 7.27. The van der Waals surface area contributed by atoms with E-state index in [0.717, 1.165) is 38.5 Å². The minimum Gasteiger partial charge on any atom is -0.464 e. The van der Waals surface area contributed by atoms with Crippen molar-refractivity contribution in [2.75, 3.05) is 7.11 Å². The smallest absolute Gasteiger partial charge is 0.360 e. The maximum Gasteiger partial charge on any atom is 0.360 e. The predicted molar refractivity (Wildman–Crippen MR) is 84.7 cm³/mol. The molecule has 1 unspecified atom stereocenters. The van der Waals surface area contributed by atoms with Gasteiger partial charge in [0, 0.05) is 12.0 Å². The fraction of sp³-hybridized carbons (Fsp3) is 0.706. The molecule has 128 valence electrons. The van der Waals surface area contributed by atoms with Crippen LogP contribution in [-0.2, 0) is 16.1 Å². The first-order valence-corrected chi connectivity index (χ1v) is 8.43. The summed E-state index contributed by atoms with van der Waals surface area (Å²) in [5.74, 6) is 0.0986. The van der Waals surface area contributed by atoms with Crippen molar-refractivity contribution in [1.82, 2.24) is 9.88 Å². The number of aromatic nitrogens is 1. The molecule has 0 radical (unpaired) electrons. The van der Waals surface area contributed by atoms with Crippen molar-refractivity contribution in [1.29, 1.82) is 0 Å². The molecule has 6 heteroatoms. The molecule has 0 aliphatic heterocycles. The van der Waals surface area contributed by atoms with Crippen LogP contribution in [0.4, 0.5) is 0 Å². The summed E-state index contributed by atoms with van der Waals surface area (Å²) in [4.78, 5) is 30.3. The monoisotopic (exact) mass is 322 g/mol. The van der Waals surface area contributed by atoms with Gasteiger partial charge in [0.05, 0.1) is 13.7 Å². The summed E-state index contributed by atoms with van der Waals surface area (Å²) < 4.78 is 9.95. The number of hydrogen-bond acceptors (Lipinski definition) is 5. The number of methoxy groups -OCH3 is 1. The summed E-state index contributed by atoms with van der Waals surface area (Å²) >= 11 is 0. The normalized spacial score (nSPS) is 15.3. The lowest BCUT2D eigenvalue weighted by Gasteiger charge is -2.25. The summed E-state index contributed by atoms with van der Waals surface area (Å²) in [6, 6.07) is 0.284. The van der Waals surface area contributed by atoms with Gasteiger partial charge in [-0.3, -0.25) is 4.79 Å². The van der Waals surface area contributed by atoms with Gasteiger partial charge in [-0.15, -0.1) is 0 Å². The molecule has 1 saturated carbocycles. The molecule has 0 N–H and O–H groups in total. The van der Waals surface area contributed by atoms with Crippen LogP contribution in [0.3, 0.4) is 0 Å². The molecule has 0 bridgehead atoms. The van der Waals surface area contributed by atoms with Gasteiger partial charge in [0.15, 0.2) is 5.69 Å². The van der Waals surface area contributed by atoms with Crippen molar-refractivity contribution >= 4 is 11.9 Å². The summed E-state index contributed by atoms with van der Waals surface area (Å²) in [6.45, 7) is 4.52. The fourth-order valence-corrected chi connectivity index (χ4v) is 2.69. The number of carbonyl (C=O) groups is 2. The summed E-state index contributed by atoms with van der Waals surface area (Å²) in [5.41, 5.74) is 0.142. The van der Waals surface area contributed by atoms with Gasteiger partial charge in [-0.25, -0.2) is 9.78 Å². The Labute approximate surface area is 137 Å². The number of ether oxygens (including phenoxy) is 1. The van der Waals surface area contributed by atoms with E-state index in [1.807, 2.05) is 4.90 Å². The lowest BCUT2D eigenvalue weighted by atomic mass is 9.97. The first kappa shape index (κ1) is 17.5. The van der Waals surface area contributed by atoms with E-state index in [9.17, 15) is 9.59 Å². The maximum atomic E-state index is 12.8. The Morgan fingerprint density at radius 1 is 1.43 bits per heavy atom. The standard InChI is InChI=1S/C17H26N2O4/c1-4-6-7-12(5-2)16(20)19(13-8-9-13)10-15-18-14(11-23-15)17(21)22-3/h11-13H,4-10H2,1-3H3. The molecule has 0 saturated heterocycles.